The van der Waals surface area contributed by atoms with Gasteiger partial charge in [0.1, 0.15) is 22.2 Å². The van der Waals surface area contributed by atoms with Crippen LogP contribution >= 0.6 is 0 Å². The summed E-state index contributed by atoms with van der Waals surface area (Å²) in [5.41, 5.74) is 10.5. The molecule has 0 radical (unpaired) electrons. The topological polar surface area (TPSA) is 104 Å². The van der Waals surface area contributed by atoms with E-state index in [0.29, 0.717) is 51.5 Å². The molecule has 0 unspecified atom stereocenters. The van der Waals surface area contributed by atoms with Gasteiger partial charge in [-0.25, -0.2) is 24.9 Å². The van der Waals surface area contributed by atoms with E-state index in [4.69, 9.17) is 38.2 Å². The zero-order chi connectivity index (χ0) is 38.9. The average Bonchev–Trinajstić information content (AvgIpc) is 4.05. The zero-order valence-corrected chi connectivity index (χ0v) is 31.2. The summed E-state index contributed by atoms with van der Waals surface area (Å²) in [5.74, 6) is 2.60. The molecule has 12 rings (SSSR count). The molecule has 0 fully saturated rings. The van der Waals surface area contributed by atoms with Gasteiger partial charge >= 0.3 is 0 Å². The molecule has 4 aromatic heterocycles. The molecule has 59 heavy (non-hydrogen) atoms. The van der Waals surface area contributed by atoms with Crippen molar-refractivity contribution in [2.24, 2.45) is 0 Å². The molecular formula is C51H29N5O3. The molecule has 4 heterocycles. The fraction of sp³-hybridized carbons (Fsp3) is 0. The second-order valence-electron chi connectivity index (χ2n) is 14.4. The minimum Gasteiger partial charge on any atom is -0.456 e. The van der Waals surface area contributed by atoms with Crippen LogP contribution in [0.1, 0.15) is 0 Å². The highest BCUT2D eigenvalue weighted by Crippen LogP contribution is 2.41. The van der Waals surface area contributed by atoms with Crippen LogP contribution in [0.15, 0.2) is 189 Å². The highest BCUT2D eigenvalue weighted by Gasteiger charge is 2.22. The number of nitrogens with zero attached hydrogens (tertiary/aromatic N) is 5. The molecule has 0 spiro atoms. The van der Waals surface area contributed by atoms with E-state index in [1.54, 1.807) is 0 Å². The fourth-order valence-corrected chi connectivity index (χ4v) is 8.03. The Hall–Kier alpha value is -8.23. The van der Waals surface area contributed by atoms with E-state index in [1.165, 1.54) is 0 Å². The average molecular weight is 760 g/mol. The van der Waals surface area contributed by atoms with Crippen molar-refractivity contribution in [3.63, 3.8) is 0 Å². The van der Waals surface area contributed by atoms with Gasteiger partial charge in [-0.1, -0.05) is 115 Å². The quantitative estimate of drug-likeness (QED) is 0.165. The summed E-state index contributed by atoms with van der Waals surface area (Å²) < 4.78 is 19.3. The van der Waals surface area contributed by atoms with Gasteiger partial charge in [-0.15, -0.1) is 0 Å². The first-order chi connectivity index (χ1) is 29.2. The van der Waals surface area contributed by atoms with Crippen LogP contribution in [-0.4, -0.2) is 24.9 Å². The maximum absolute atomic E-state index is 6.49. The van der Waals surface area contributed by atoms with Gasteiger partial charge < -0.3 is 13.3 Å². The summed E-state index contributed by atoms with van der Waals surface area (Å²) in [6, 6.07) is 58.5. The van der Waals surface area contributed by atoms with Gasteiger partial charge in [0.05, 0.1) is 10.9 Å². The Morgan fingerprint density at radius 2 is 0.915 bits per heavy atom. The molecule has 0 aliphatic carbocycles. The van der Waals surface area contributed by atoms with Crippen molar-refractivity contribution in [3.05, 3.63) is 176 Å². The Labute approximate surface area is 336 Å². The van der Waals surface area contributed by atoms with Gasteiger partial charge in [0.25, 0.3) is 0 Å². The van der Waals surface area contributed by atoms with E-state index < -0.39 is 0 Å². The molecule has 0 bridgehead atoms. The molecule has 0 amide bonds. The number of fused-ring (bicyclic) bond motifs is 8. The van der Waals surface area contributed by atoms with E-state index in [-0.39, 0.29) is 0 Å². The molecule has 0 atom stereocenters. The van der Waals surface area contributed by atoms with Crippen molar-refractivity contribution in [1.82, 2.24) is 24.9 Å². The van der Waals surface area contributed by atoms with Crippen molar-refractivity contribution < 1.29 is 13.3 Å². The molecule has 0 aliphatic rings. The predicted molar refractivity (Wildman–Crippen MR) is 232 cm³/mol. The maximum atomic E-state index is 6.49. The lowest BCUT2D eigenvalue weighted by Gasteiger charge is -2.12. The molecule has 8 heteroatoms. The molecule has 0 saturated heterocycles. The Morgan fingerprint density at radius 1 is 0.339 bits per heavy atom. The second-order valence-corrected chi connectivity index (χ2v) is 14.4. The SMILES string of the molecule is c1ccc(-c2nc3c(ccc4oc5ccc6ccc(-c7nc(-c8ccccc8-c8ccccc8)nc(-c8cccc9nc(-c%10ccccc%10)oc89)n7)cc6c5c43)o2)cc1. The predicted octanol–water partition coefficient (Wildman–Crippen LogP) is 13.2. The molecule has 0 aliphatic heterocycles. The van der Waals surface area contributed by atoms with Crippen molar-refractivity contribution in [2.75, 3.05) is 0 Å². The number of rotatable bonds is 6. The van der Waals surface area contributed by atoms with Crippen LogP contribution in [0.3, 0.4) is 0 Å². The number of benzene rings is 8. The Morgan fingerprint density at radius 3 is 1.68 bits per heavy atom. The Balaban J connectivity index is 1.09. The molecule has 0 saturated carbocycles. The summed E-state index contributed by atoms with van der Waals surface area (Å²) in [4.78, 5) is 25.5. The lowest BCUT2D eigenvalue weighted by Crippen LogP contribution is -2.01. The van der Waals surface area contributed by atoms with Gasteiger partial charge in [-0.3, -0.25) is 0 Å². The first kappa shape index (κ1) is 33.0. The van der Waals surface area contributed by atoms with Gasteiger partial charge in [0.2, 0.25) is 11.8 Å². The second kappa shape index (κ2) is 13.2. The van der Waals surface area contributed by atoms with E-state index in [2.05, 4.69) is 48.5 Å². The molecule has 12 aromatic rings. The van der Waals surface area contributed by atoms with Crippen LogP contribution in [-0.2, 0) is 0 Å². The third-order valence-corrected chi connectivity index (χ3v) is 10.8. The number of furan rings is 1. The Bertz CT molecular complexity index is 3560. The number of hydrogen-bond donors (Lipinski definition) is 0. The first-order valence-electron chi connectivity index (χ1n) is 19.3. The fourth-order valence-electron chi connectivity index (χ4n) is 8.03. The summed E-state index contributed by atoms with van der Waals surface area (Å²) in [5, 5.41) is 3.86. The number of para-hydroxylation sites is 1. The summed E-state index contributed by atoms with van der Waals surface area (Å²) >= 11 is 0. The monoisotopic (exact) mass is 759 g/mol. The normalized spacial score (nSPS) is 11.7. The van der Waals surface area contributed by atoms with Gasteiger partial charge in [0.15, 0.2) is 28.6 Å². The van der Waals surface area contributed by atoms with Gasteiger partial charge in [-0.05, 0) is 82.6 Å². The van der Waals surface area contributed by atoms with Crippen LogP contribution in [0.5, 0.6) is 0 Å². The highest BCUT2D eigenvalue weighted by atomic mass is 16.4. The number of oxazole rings is 2. The minimum atomic E-state index is 0.471. The van der Waals surface area contributed by atoms with Crippen molar-refractivity contribution in [1.29, 1.82) is 0 Å². The molecule has 276 valence electrons. The van der Waals surface area contributed by atoms with Crippen LogP contribution in [0.4, 0.5) is 0 Å². The molecule has 8 nitrogen and oxygen atoms in total. The van der Waals surface area contributed by atoms with Crippen molar-refractivity contribution in [3.8, 4) is 68.2 Å². The standard InChI is InChI=1S/C51H29N5O3/c1-4-13-30(14-5-1)35-19-10-11-20-36(35)48-54-47(55-49(56-48)37-21-12-22-39-46(37)59-50(52-39)32-15-6-2-7-16-32)34-24-23-31-25-26-40-43(38(31)29-34)44-41(57-40)27-28-42-45(44)53-51(58-42)33-17-8-3-9-18-33/h1-29H. The third kappa shape index (κ3) is 5.49. The van der Waals surface area contributed by atoms with Crippen LogP contribution in [0, 0.1) is 0 Å². The van der Waals surface area contributed by atoms with E-state index in [9.17, 15) is 0 Å². The number of hydrogen-bond acceptors (Lipinski definition) is 8. The van der Waals surface area contributed by atoms with Crippen molar-refractivity contribution in [2.45, 2.75) is 0 Å². The zero-order valence-electron chi connectivity index (χ0n) is 31.2. The molecule has 8 aromatic carbocycles. The van der Waals surface area contributed by atoms with Crippen LogP contribution in [0.25, 0.3) is 123 Å². The van der Waals surface area contributed by atoms with E-state index >= 15 is 0 Å². The van der Waals surface area contributed by atoms with Crippen LogP contribution < -0.4 is 0 Å². The Kier molecular flexibility index (Phi) is 7.36. The van der Waals surface area contributed by atoms with Gasteiger partial charge in [0, 0.05) is 27.6 Å². The largest absolute Gasteiger partial charge is 0.456 e. The van der Waals surface area contributed by atoms with E-state index in [0.717, 1.165) is 71.6 Å². The smallest absolute Gasteiger partial charge is 0.227 e. The van der Waals surface area contributed by atoms with Crippen molar-refractivity contribution >= 4 is 54.9 Å². The van der Waals surface area contributed by atoms with E-state index in [1.807, 2.05) is 127 Å². The minimum absolute atomic E-state index is 0.471. The maximum Gasteiger partial charge on any atom is 0.227 e. The summed E-state index contributed by atoms with van der Waals surface area (Å²) in [7, 11) is 0. The van der Waals surface area contributed by atoms with Gasteiger partial charge in [-0.2, -0.15) is 0 Å². The summed E-state index contributed by atoms with van der Waals surface area (Å²) in [6.07, 6.45) is 0. The van der Waals surface area contributed by atoms with Crippen LogP contribution in [0.2, 0.25) is 0 Å². The first-order valence-corrected chi connectivity index (χ1v) is 19.3. The third-order valence-electron chi connectivity index (χ3n) is 10.8. The molecular weight excluding hydrogens is 731 g/mol. The molecule has 0 N–H and O–H groups in total. The lowest BCUT2D eigenvalue weighted by atomic mass is 9.99. The summed E-state index contributed by atoms with van der Waals surface area (Å²) in [6.45, 7) is 0. The highest BCUT2D eigenvalue weighted by molar-refractivity contribution is 6.25. The lowest BCUT2D eigenvalue weighted by molar-refractivity contribution is 0.619. The number of aromatic nitrogens is 5.